The van der Waals surface area contributed by atoms with Crippen molar-refractivity contribution in [3.8, 4) is 5.75 Å². The summed E-state index contributed by atoms with van der Waals surface area (Å²) in [5.41, 5.74) is 0. The van der Waals surface area contributed by atoms with Crippen LogP contribution in [-0.4, -0.2) is 6.61 Å². The van der Waals surface area contributed by atoms with E-state index >= 15 is 0 Å². The fourth-order valence-electron chi connectivity index (χ4n) is 2.71. The largest absolute Gasteiger partial charge is 0.493 e. The van der Waals surface area contributed by atoms with Gasteiger partial charge >= 0.3 is 0 Å². The second-order valence-corrected chi connectivity index (χ2v) is 5.08. The summed E-state index contributed by atoms with van der Waals surface area (Å²) in [5, 5.41) is 0. The molecule has 1 aromatic rings. The lowest BCUT2D eigenvalue weighted by molar-refractivity contribution is 0.288. The Morgan fingerprint density at radius 3 is 2.69 bits per heavy atom. The van der Waals surface area contributed by atoms with Crippen LogP contribution in [0.4, 0.5) is 0 Å². The van der Waals surface area contributed by atoms with Gasteiger partial charge in [0.25, 0.3) is 0 Å². The number of para-hydroxylation sites is 1. The maximum atomic E-state index is 5.78. The van der Waals surface area contributed by atoms with Crippen LogP contribution in [0.3, 0.4) is 0 Å². The second-order valence-electron chi connectivity index (χ2n) is 5.08. The number of hydrogen-bond acceptors (Lipinski definition) is 1. The van der Waals surface area contributed by atoms with E-state index in [1.807, 2.05) is 30.3 Å². The molecule has 2 aliphatic carbocycles. The van der Waals surface area contributed by atoms with E-state index in [2.05, 4.69) is 12.7 Å². The first-order chi connectivity index (χ1) is 7.88. The number of rotatable bonds is 5. The molecular weight excluding hydrogens is 196 g/mol. The molecule has 16 heavy (non-hydrogen) atoms. The highest BCUT2D eigenvalue weighted by Crippen LogP contribution is 2.58. The third-order valence-electron chi connectivity index (χ3n) is 3.93. The van der Waals surface area contributed by atoms with E-state index in [-0.39, 0.29) is 0 Å². The van der Waals surface area contributed by atoms with Crippen molar-refractivity contribution in [2.45, 2.75) is 12.8 Å². The van der Waals surface area contributed by atoms with Crippen molar-refractivity contribution in [2.75, 3.05) is 6.61 Å². The van der Waals surface area contributed by atoms with Crippen LogP contribution in [-0.2, 0) is 0 Å². The fraction of sp³-hybridized carbons (Fsp3) is 0.467. The molecule has 0 amide bonds. The lowest BCUT2D eigenvalue weighted by Crippen LogP contribution is -2.01. The van der Waals surface area contributed by atoms with Crippen molar-refractivity contribution in [3.05, 3.63) is 43.0 Å². The Morgan fingerprint density at radius 1 is 1.19 bits per heavy atom. The highest BCUT2D eigenvalue weighted by atomic mass is 16.5. The quantitative estimate of drug-likeness (QED) is 0.681. The van der Waals surface area contributed by atoms with E-state index in [1.54, 1.807) is 0 Å². The Hall–Kier alpha value is -1.24. The van der Waals surface area contributed by atoms with E-state index in [0.717, 1.165) is 36.0 Å². The first-order valence-corrected chi connectivity index (χ1v) is 6.19. The zero-order chi connectivity index (χ0) is 11.0. The number of allylic oxidation sites excluding steroid dienone is 1. The summed E-state index contributed by atoms with van der Waals surface area (Å²) in [6.45, 7) is 4.77. The summed E-state index contributed by atoms with van der Waals surface area (Å²) in [5.74, 6) is 4.47. The molecule has 0 heterocycles. The van der Waals surface area contributed by atoms with Crippen molar-refractivity contribution < 1.29 is 4.74 Å². The Morgan fingerprint density at radius 2 is 2.00 bits per heavy atom. The molecular formula is C15H18O. The topological polar surface area (TPSA) is 9.23 Å². The van der Waals surface area contributed by atoms with Crippen LogP contribution in [0.5, 0.6) is 5.75 Å². The van der Waals surface area contributed by atoms with E-state index < -0.39 is 0 Å². The predicted molar refractivity (Wildman–Crippen MR) is 65.3 cm³/mol. The minimum atomic E-state index is 0.801. The molecule has 3 rings (SSSR count). The van der Waals surface area contributed by atoms with Crippen molar-refractivity contribution in [2.24, 2.45) is 23.7 Å². The molecule has 1 nitrogen and oxygen atoms in total. The molecule has 1 aromatic carbocycles. The van der Waals surface area contributed by atoms with Gasteiger partial charge in [0.05, 0.1) is 6.61 Å². The van der Waals surface area contributed by atoms with Crippen LogP contribution in [0, 0.1) is 23.7 Å². The molecule has 0 saturated heterocycles. The first-order valence-electron chi connectivity index (χ1n) is 6.19. The van der Waals surface area contributed by atoms with Crippen LogP contribution >= 0.6 is 0 Å². The van der Waals surface area contributed by atoms with Gasteiger partial charge in [-0.3, -0.25) is 0 Å². The van der Waals surface area contributed by atoms with Crippen molar-refractivity contribution in [3.63, 3.8) is 0 Å². The number of benzene rings is 1. The van der Waals surface area contributed by atoms with Crippen LogP contribution < -0.4 is 4.74 Å². The van der Waals surface area contributed by atoms with E-state index in [0.29, 0.717) is 0 Å². The molecule has 1 heteroatoms. The smallest absolute Gasteiger partial charge is 0.119 e. The van der Waals surface area contributed by atoms with Gasteiger partial charge < -0.3 is 4.74 Å². The molecule has 0 radical (unpaired) electrons. The van der Waals surface area contributed by atoms with Crippen LogP contribution in [0.25, 0.3) is 0 Å². The predicted octanol–water partition coefficient (Wildman–Crippen LogP) is 3.52. The van der Waals surface area contributed by atoms with Gasteiger partial charge in [-0.05, 0) is 48.6 Å². The molecule has 0 spiro atoms. The van der Waals surface area contributed by atoms with Gasteiger partial charge in [-0.15, -0.1) is 6.58 Å². The van der Waals surface area contributed by atoms with Crippen molar-refractivity contribution >= 4 is 0 Å². The summed E-state index contributed by atoms with van der Waals surface area (Å²) in [4.78, 5) is 0. The Balaban J connectivity index is 1.44. The molecule has 0 aromatic heterocycles. The zero-order valence-electron chi connectivity index (χ0n) is 9.51. The van der Waals surface area contributed by atoms with Crippen LogP contribution in [0.1, 0.15) is 12.8 Å². The second kappa shape index (κ2) is 3.97. The lowest BCUT2D eigenvalue weighted by Gasteiger charge is -2.04. The summed E-state index contributed by atoms with van der Waals surface area (Å²) in [6.07, 6.45) is 4.86. The third-order valence-corrected chi connectivity index (χ3v) is 3.93. The molecule has 2 fully saturated rings. The van der Waals surface area contributed by atoms with E-state index in [4.69, 9.17) is 4.74 Å². The summed E-state index contributed by atoms with van der Waals surface area (Å²) in [7, 11) is 0. The highest BCUT2D eigenvalue weighted by molar-refractivity contribution is 5.21. The van der Waals surface area contributed by atoms with Gasteiger partial charge in [0.1, 0.15) is 5.75 Å². The lowest BCUT2D eigenvalue weighted by atomic mass is 10.2. The molecule has 0 bridgehead atoms. The molecule has 84 valence electrons. The zero-order valence-corrected chi connectivity index (χ0v) is 9.51. The van der Waals surface area contributed by atoms with E-state index in [9.17, 15) is 0 Å². The average molecular weight is 214 g/mol. The molecule has 0 N–H and O–H groups in total. The Bertz CT molecular complexity index is 370. The highest BCUT2D eigenvalue weighted by Gasteiger charge is 2.52. The SMILES string of the molecule is C=C[C@H]1C[C@H]1[C@@H]1C[C@@H]1COc1ccccc1. The van der Waals surface area contributed by atoms with Gasteiger partial charge in [0.15, 0.2) is 0 Å². The third kappa shape index (κ3) is 1.99. The van der Waals surface area contributed by atoms with Gasteiger partial charge in [0, 0.05) is 0 Å². The molecule has 0 unspecified atom stereocenters. The summed E-state index contributed by atoms with van der Waals surface area (Å²) < 4.78 is 5.78. The maximum absolute atomic E-state index is 5.78. The Kier molecular flexibility index (Phi) is 2.47. The minimum absolute atomic E-state index is 0.801. The van der Waals surface area contributed by atoms with Gasteiger partial charge in [-0.1, -0.05) is 24.3 Å². The van der Waals surface area contributed by atoms with Gasteiger partial charge in [-0.2, -0.15) is 0 Å². The molecule has 2 aliphatic rings. The monoisotopic (exact) mass is 214 g/mol. The van der Waals surface area contributed by atoms with Crippen LogP contribution in [0.2, 0.25) is 0 Å². The van der Waals surface area contributed by atoms with Crippen LogP contribution in [0.15, 0.2) is 43.0 Å². The van der Waals surface area contributed by atoms with Crippen molar-refractivity contribution in [1.82, 2.24) is 0 Å². The first kappa shape index (κ1) is 9.95. The maximum Gasteiger partial charge on any atom is 0.119 e. The minimum Gasteiger partial charge on any atom is -0.493 e. The Labute approximate surface area is 97.1 Å². The van der Waals surface area contributed by atoms with Gasteiger partial charge in [-0.25, -0.2) is 0 Å². The average Bonchev–Trinajstić information content (AvgIpc) is 3.21. The standard InChI is InChI=1S/C15H18O/c1-2-11-8-14(11)15-9-12(15)10-16-13-6-4-3-5-7-13/h2-7,11-12,14-15H,1,8-10H2/t11-,12+,14+,15+/m0/s1. The number of ether oxygens (including phenoxy) is 1. The number of hydrogen-bond donors (Lipinski definition) is 0. The van der Waals surface area contributed by atoms with Gasteiger partial charge in [0.2, 0.25) is 0 Å². The van der Waals surface area contributed by atoms with Crippen molar-refractivity contribution in [1.29, 1.82) is 0 Å². The molecule has 2 saturated carbocycles. The molecule has 0 aliphatic heterocycles. The van der Waals surface area contributed by atoms with E-state index in [1.165, 1.54) is 12.8 Å². The summed E-state index contributed by atoms with van der Waals surface area (Å²) >= 11 is 0. The summed E-state index contributed by atoms with van der Waals surface area (Å²) in [6, 6.07) is 10.1. The fourth-order valence-corrected chi connectivity index (χ4v) is 2.71. The normalized spacial score (nSPS) is 35.5. The molecule has 4 atom stereocenters.